The fraction of sp³-hybridized carbons (Fsp3) is 0.583. The Kier molecular flexibility index (Phi) is 6.74. The van der Waals surface area contributed by atoms with Crippen LogP contribution in [0.25, 0.3) is 0 Å². The van der Waals surface area contributed by atoms with Gasteiger partial charge in [0.25, 0.3) is 0 Å². The van der Waals surface area contributed by atoms with Crippen molar-refractivity contribution in [3.63, 3.8) is 0 Å². The number of carbonyl (C=O) groups is 1. The van der Waals surface area contributed by atoms with Gasteiger partial charge < -0.3 is 10.0 Å². The molecule has 2 saturated heterocycles. The van der Waals surface area contributed by atoms with Crippen molar-refractivity contribution < 1.29 is 9.90 Å². The van der Waals surface area contributed by atoms with Crippen LogP contribution in [0.15, 0.2) is 36.5 Å². The number of likely N-dealkylation sites (N-methyl/N-ethyl adjacent to an activating group) is 1. The summed E-state index contributed by atoms with van der Waals surface area (Å²) in [5.74, 6) is 0.103. The Morgan fingerprint density at radius 3 is 2.58 bits per heavy atom. The van der Waals surface area contributed by atoms with Crippen molar-refractivity contribution in [1.82, 2.24) is 24.5 Å². The summed E-state index contributed by atoms with van der Waals surface area (Å²) in [5, 5.41) is 14.8. The number of β-amino-alcohol motifs (C(OH)–C–C–N with tert-alkyl or cyclic N) is 1. The molecule has 7 nitrogen and oxygen atoms in total. The molecule has 31 heavy (non-hydrogen) atoms. The number of aliphatic hydroxyl groups is 1. The van der Waals surface area contributed by atoms with Crippen LogP contribution in [0.2, 0.25) is 0 Å². The quantitative estimate of drug-likeness (QED) is 0.765. The standard InChI is InChI=1S/C24H35N5O2/c1-18-20(16-27(3)25-18)15-26(2)24(31)23-13-22(30)17-29(23)21-9-11-28(12-10-21)14-19-7-5-4-6-8-19/h4-8,16,21-23,30H,9-15,17H2,1-3H3/t22-,23+/m1/s1. The molecule has 0 aliphatic carbocycles. The molecule has 1 aromatic heterocycles. The molecule has 2 atom stereocenters. The molecule has 1 N–H and O–H groups in total. The topological polar surface area (TPSA) is 64.8 Å². The summed E-state index contributed by atoms with van der Waals surface area (Å²) in [4.78, 5) is 19.9. The molecule has 0 spiro atoms. The lowest BCUT2D eigenvalue weighted by atomic mass is 10.0. The van der Waals surface area contributed by atoms with Gasteiger partial charge in [0, 0.05) is 51.5 Å². The Labute approximate surface area is 185 Å². The fourth-order valence-corrected chi connectivity index (χ4v) is 5.13. The monoisotopic (exact) mass is 425 g/mol. The Balaban J connectivity index is 1.35. The number of benzene rings is 1. The first-order chi connectivity index (χ1) is 14.9. The fourth-order valence-electron chi connectivity index (χ4n) is 5.13. The molecular formula is C24H35N5O2. The van der Waals surface area contributed by atoms with E-state index in [-0.39, 0.29) is 11.9 Å². The zero-order chi connectivity index (χ0) is 22.0. The summed E-state index contributed by atoms with van der Waals surface area (Å²) in [5.41, 5.74) is 3.37. The van der Waals surface area contributed by atoms with E-state index in [2.05, 4.69) is 45.2 Å². The third-order valence-electron chi connectivity index (χ3n) is 6.78. The number of amides is 1. The van der Waals surface area contributed by atoms with E-state index < -0.39 is 6.10 Å². The number of hydrogen-bond donors (Lipinski definition) is 1. The van der Waals surface area contributed by atoms with Crippen LogP contribution in [-0.4, -0.2) is 80.4 Å². The summed E-state index contributed by atoms with van der Waals surface area (Å²) in [6.45, 7) is 6.15. The molecule has 0 bridgehead atoms. The summed E-state index contributed by atoms with van der Waals surface area (Å²) in [6.07, 6.45) is 4.15. The van der Waals surface area contributed by atoms with Gasteiger partial charge in [0.1, 0.15) is 0 Å². The minimum absolute atomic E-state index is 0.103. The summed E-state index contributed by atoms with van der Waals surface area (Å²) in [6, 6.07) is 10.7. The average molecular weight is 426 g/mol. The van der Waals surface area contributed by atoms with Gasteiger partial charge in [0.05, 0.1) is 17.8 Å². The van der Waals surface area contributed by atoms with Crippen LogP contribution < -0.4 is 0 Å². The van der Waals surface area contributed by atoms with Gasteiger partial charge in [-0.3, -0.25) is 19.3 Å². The SMILES string of the molecule is Cc1nn(C)cc1CN(C)C(=O)[C@@H]1C[C@@H](O)CN1C1CCN(Cc2ccccc2)CC1. The number of rotatable bonds is 6. The van der Waals surface area contributed by atoms with Gasteiger partial charge in [-0.2, -0.15) is 5.10 Å². The highest BCUT2D eigenvalue weighted by molar-refractivity contribution is 5.82. The maximum Gasteiger partial charge on any atom is 0.240 e. The van der Waals surface area contributed by atoms with Gasteiger partial charge in [0.15, 0.2) is 0 Å². The van der Waals surface area contributed by atoms with Crippen molar-refractivity contribution in [2.75, 3.05) is 26.7 Å². The first-order valence-electron chi connectivity index (χ1n) is 11.3. The molecule has 2 fully saturated rings. The van der Waals surface area contributed by atoms with Gasteiger partial charge in [0.2, 0.25) is 5.91 Å². The molecule has 2 aromatic rings. The highest BCUT2D eigenvalue weighted by Gasteiger charge is 2.41. The van der Waals surface area contributed by atoms with E-state index in [9.17, 15) is 9.90 Å². The minimum atomic E-state index is -0.426. The number of carbonyl (C=O) groups excluding carboxylic acids is 1. The summed E-state index contributed by atoms with van der Waals surface area (Å²) >= 11 is 0. The van der Waals surface area contributed by atoms with E-state index in [0.717, 1.165) is 43.7 Å². The Morgan fingerprint density at radius 2 is 1.94 bits per heavy atom. The van der Waals surface area contributed by atoms with Gasteiger partial charge in [-0.05, 0) is 44.8 Å². The molecule has 0 saturated carbocycles. The normalized spacial score (nSPS) is 23.4. The predicted molar refractivity (Wildman–Crippen MR) is 120 cm³/mol. The van der Waals surface area contributed by atoms with E-state index in [0.29, 0.717) is 25.6 Å². The van der Waals surface area contributed by atoms with Crippen LogP contribution >= 0.6 is 0 Å². The second-order valence-corrected chi connectivity index (χ2v) is 9.20. The molecule has 0 unspecified atom stereocenters. The molecule has 4 rings (SSSR count). The van der Waals surface area contributed by atoms with Crippen LogP contribution in [-0.2, 0) is 24.9 Å². The number of aryl methyl sites for hydroxylation is 2. The maximum atomic E-state index is 13.3. The predicted octanol–water partition coefficient (Wildman–Crippen LogP) is 1.79. The van der Waals surface area contributed by atoms with Gasteiger partial charge >= 0.3 is 0 Å². The average Bonchev–Trinajstić information content (AvgIpc) is 3.30. The van der Waals surface area contributed by atoms with Gasteiger partial charge in [-0.1, -0.05) is 30.3 Å². The van der Waals surface area contributed by atoms with E-state index in [4.69, 9.17) is 0 Å². The number of likely N-dealkylation sites (tertiary alicyclic amines) is 2. The third kappa shape index (κ3) is 5.17. The van der Waals surface area contributed by atoms with Crippen molar-refractivity contribution in [3.8, 4) is 0 Å². The number of aromatic nitrogens is 2. The Bertz CT molecular complexity index is 875. The second kappa shape index (κ2) is 9.51. The van der Waals surface area contributed by atoms with Crippen LogP contribution in [0.5, 0.6) is 0 Å². The zero-order valence-electron chi connectivity index (χ0n) is 18.9. The number of hydrogen-bond acceptors (Lipinski definition) is 5. The zero-order valence-corrected chi connectivity index (χ0v) is 18.9. The number of piperidine rings is 1. The molecule has 1 aromatic carbocycles. The van der Waals surface area contributed by atoms with E-state index in [1.165, 1.54) is 5.56 Å². The summed E-state index contributed by atoms with van der Waals surface area (Å²) < 4.78 is 1.79. The molecule has 2 aliphatic heterocycles. The first kappa shape index (κ1) is 22.0. The van der Waals surface area contributed by atoms with Crippen molar-refractivity contribution in [3.05, 3.63) is 53.3 Å². The number of nitrogens with zero attached hydrogens (tertiary/aromatic N) is 5. The minimum Gasteiger partial charge on any atom is -0.392 e. The smallest absolute Gasteiger partial charge is 0.240 e. The van der Waals surface area contributed by atoms with Crippen molar-refractivity contribution >= 4 is 5.91 Å². The molecule has 0 radical (unpaired) electrons. The van der Waals surface area contributed by atoms with E-state index in [1.807, 2.05) is 27.2 Å². The van der Waals surface area contributed by atoms with Gasteiger partial charge in [-0.15, -0.1) is 0 Å². The van der Waals surface area contributed by atoms with Crippen molar-refractivity contribution in [1.29, 1.82) is 0 Å². The van der Waals surface area contributed by atoms with Gasteiger partial charge in [-0.25, -0.2) is 0 Å². The second-order valence-electron chi connectivity index (χ2n) is 9.20. The highest BCUT2D eigenvalue weighted by Crippen LogP contribution is 2.28. The first-order valence-corrected chi connectivity index (χ1v) is 11.3. The van der Waals surface area contributed by atoms with Crippen molar-refractivity contribution in [2.45, 2.75) is 57.5 Å². The lowest BCUT2D eigenvalue weighted by molar-refractivity contribution is -0.136. The number of aliphatic hydroxyl groups excluding tert-OH is 1. The Hall–Kier alpha value is -2.22. The lowest BCUT2D eigenvalue weighted by Gasteiger charge is -2.39. The Morgan fingerprint density at radius 1 is 1.23 bits per heavy atom. The van der Waals surface area contributed by atoms with Crippen LogP contribution in [0.4, 0.5) is 0 Å². The molecule has 1 amide bonds. The molecular weight excluding hydrogens is 390 g/mol. The van der Waals surface area contributed by atoms with Crippen LogP contribution in [0, 0.1) is 6.92 Å². The maximum absolute atomic E-state index is 13.3. The third-order valence-corrected chi connectivity index (χ3v) is 6.78. The van der Waals surface area contributed by atoms with E-state index in [1.54, 1.807) is 9.58 Å². The highest BCUT2D eigenvalue weighted by atomic mass is 16.3. The molecule has 2 aliphatic rings. The summed E-state index contributed by atoms with van der Waals surface area (Å²) in [7, 11) is 3.76. The van der Waals surface area contributed by atoms with Crippen LogP contribution in [0.3, 0.4) is 0 Å². The molecule has 7 heteroatoms. The molecule has 168 valence electrons. The molecule has 3 heterocycles. The lowest BCUT2D eigenvalue weighted by Crippen LogP contribution is -2.51. The van der Waals surface area contributed by atoms with Crippen molar-refractivity contribution in [2.24, 2.45) is 7.05 Å². The largest absolute Gasteiger partial charge is 0.392 e. The van der Waals surface area contributed by atoms with E-state index >= 15 is 0 Å². The van der Waals surface area contributed by atoms with Crippen LogP contribution in [0.1, 0.15) is 36.1 Å².